The standard InChI is InChI=1S/C11H14N4O4/c1-6(9(16)12-2)14-11(19)15-7-4-3-5-13-8(7)10(17)18/h3-6H,1-2H3,(H,12,16)(H,17,18)(H2,14,15,19). The number of carboxylic acids is 1. The number of anilines is 1. The topological polar surface area (TPSA) is 120 Å². The van der Waals surface area contributed by atoms with Crippen molar-refractivity contribution in [1.29, 1.82) is 0 Å². The molecule has 102 valence electrons. The van der Waals surface area contributed by atoms with Crippen LogP contribution in [0.2, 0.25) is 0 Å². The van der Waals surface area contributed by atoms with E-state index < -0.39 is 18.0 Å². The van der Waals surface area contributed by atoms with Crippen LogP contribution in [0.4, 0.5) is 10.5 Å². The summed E-state index contributed by atoms with van der Waals surface area (Å²) in [4.78, 5) is 37.3. The van der Waals surface area contributed by atoms with Gasteiger partial charge in [-0.2, -0.15) is 0 Å². The molecule has 0 aliphatic carbocycles. The third-order valence-corrected chi connectivity index (χ3v) is 2.25. The SMILES string of the molecule is CNC(=O)C(C)NC(=O)Nc1cccnc1C(=O)O. The van der Waals surface area contributed by atoms with Crippen molar-refractivity contribution < 1.29 is 19.5 Å². The minimum atomic E-state index is -1.25. The smallest absolute Gasteiger partial charge is 0.356 e. The summed E-state index contributed by atoms with van der Waals surface area (Å²) in [5.74, 6) is -1.62. The Kier molecular flexibility index (Phi) is 4.81. The number of carboxylic acid groups (broad SMARTS) is 1. The number of nitrogens with one attached hydrogen (secondary N) is 3. The Labute approximate surface area is 109 Å². The van der Waals surface area contributed by atoms with E-state index in [2.05, 4.69) is 20.9 Å². The molecule has 19 heavy (non-hydrogen) atoms. The first-order valence-corrected chi connectivity index (χ1v) is 5.43. The number of nitrogens with zero attached hydrogens (tertiary/aromatic N) is 1. The number of aromatic carboxylic acids is 1. The monoisotopic (exact) mass is 266 g/mol. The van der Waals surface area contributed by atoms with Gasteiger partial charge < -0.3 is 21.1 Å². The van der Waals surface area contributed by atoms with Crippen molar-refractivity contribution >= 4 is 23.6 Å². The summed E-state index contributed by atoms with van der Waals surface area (Å²) in [6, 6.07) is 1.46. The van der Waals surface area contributed by atoms with E-state index in [9.17, 15) is 14.4 Å². The number of hydrogen-bond donors (Lipinski definition) is 4. The van der Waals surface area contributed by atoms with Crippen LogP contribution in [-0.2, 0) is 4.79 Å². The summed E-state index contributed by atoms with van der Waals surface area (Å²) in [6.45, 7) is 1.50. The minimum Gasteiger partial charge on any atom is -0.476 e. The number of aromatic nitrogens is 1. The van der Waals surface area contributed by atoms with Crippen LogP contribution in [-0.4, -0.2) is 41.1 Å². The van der Waals surface area contributed by atoms with E-state index in [1.54, 1.807) is 0 Å². The van der Waals surface area contributed by atoms with Gasteiger partial charge in [0.25, 0.3) is 0 Å². The lowest BCUT2D eigenvalue weighted by Crippen LogP contribution is -2.45. The van der Waals surface area contributed by atoms with E-state index in [4.69, 9.17) is 5.11 Å². The number of carbonyl (C=O) groups is 3. The number of carbonyl (C=O) groups excluding carboxylic acids is 2. The molecule has 0 saturated carbocycles. The van der Waals surface area contributed by atoms with Gasteiger partial charge in [0.1, 0.15) is 6.04 Å². The number of likely N-dealkylation sites (N-methyl/N-ethyl adjacent to an activating group) is 1. The zero-order valence-corrected chi connectivity index (χ0v) is 10.4. The molecule has 0 aliphatic heterocycles. The fourth-order valence-corrected chi connectivity index (χ4v) is 1.31. The molecule has 0 aliphatic rings. The molecule has 0 spiro atoms. The van der Waals surface area contributed by atoms with Gasteiger partial charge in [-0.05, 0) is 19.1 Å². The van der Waals surface area contributed by atoms with Crippen LogP contribution in [0.3, 0.4) is 0 Å². The lowest BCUT2D eigenvalue weighted by Gasteiger charge is -2.13. The minimum absolute atomic E-state index is 0.0524. The van der Waals surface area contributed by atoms with Crippen LogP contribution in [0.1, 0.15) is 17.4 Å². The van der Waals surface area contributed by atoms with E-state index in [1.165, 1.54) is 32.3 Å². The molecule has 1 aromatic rings. The second-order valence-electron chi connectivity index (χ2n) is 3.64. The Morgan fingerprint density at radius 3 is 2.63 bits per heavy atom. The molecule has 1 atom stereocenters. The molecule has 0 radical (unpaired) electrons. The summed E-state index contributed by atoms with van der Waals surface area (Å²) >= 11 is 0. The van der Waals surface area contributed by atoms with Crippen LogP contribution >= 0.6 is 0 Å². The molecule has 8 nitrogen and oxygen atoms in total. The summed E-state index contributed by atoms with van der Waals surface area (Å²) in [6.07, 6.45) is 1.31. The number of pyridine rings is 1. The number of rotatable bonds is 4. The predicted octanol–water partition coefficient (Wildman–Crippen LogP) is 0.0358. The van der Waals surface area contributed by atoms with Gasteiger partial charge in [-0.25, -0.2) is 14.6 Å². The van der Waals surface area contributed by atoms with E-state index in [-0.39, 0.29) is 17.3 Å². The Morgan fingerprint density at radius 1 is 1.37 bits per heavy atom. The second kappa shape index (κ2) is 6.34. The van der Waals surface area contributed by atoms with Crippen LogP contribution < -0.4 is 16.0 Å². The molecule has 0 aromatic carbocycles. The van der Waals surface area contributed by atoms with Crippen molar-refractivity contribution in [2.45, 2.75) is 13.0 Å². The molecular formula is C11H14N4O4. The maximum atomic E-state index is 11.6. The van der Waals surface area contributed by atoms with E-state index >= 15 is 0 Å². The Morgan fingerprint density at radius 2 is 2.05 bits per heavy atom. The highest BCUT2D eigenvalue weighted by atomic mass is 16.4. The number of amides is 3. The second-order valence-corrected chi connectivity index (χ2v) is 3.64. The van der Waals surface area contributed by atoms with Gasteiger partial charge in [0.15, 0.2) is 5.69 Å². The van der Waals surface area contributed by atoms with E-state index in [0.717, 1.165) is 0 Å². The number of urea groups is 1. The van der Waals surface area contributed by atoms with Gasteiger partial charge in [0.05, 0.1) is 5.69 Å². The van der Waals surface area contributed by atoms with E-state index in [0.29, 0.717) is 0 Å². The van der Waals surface area contributed by atoms with Crippen molar-refractivity contribution in [3.8, 4) is 0 Å². The van der Waals surface area contributed by atoms with Gasteiger partial charge >= 0.3 is 12.0 Å². The maximum Gasteiger partial charge on any atom is 0.356 e. The molecule has 1 unspecified atom stereocenters. The van der Waals surface area contributed by atoms with Crippen molar-refractivity contribution in [1.82, 2.24) is 15.6 Å². The third kappa shape index (κ3) is 3.95. The maximum absolute atomic E-state index is 11.6. The first-order valence-electron chi connectivity index (χ1n) is 5.43. The number of hydrogen-bond acceptors (Lipinski definition) is 4. The van der Waals surface area contributed by atoms with Crippen LogP contribution in [0.25, 0.3) is 0 Å². The first kappa shape index (κ1) is 14.4. The first-order chi connectivity index (χ1) is 8.95. The molecule has 1 rings (SSSR count). The van der Waals surface area contributed by atoms with Crippen molar-refractivity contribution in [3.05, 3.63) is 24.0 Å². The normalized spacial score (nSPS) is 11.3. The molecule has 0 fully saturated rings. The van der Waals surface area contributed by atoms with Crippen LogP contribution in [0.5, 0.6) is 0 Å². The summed E-state index contributed by atoms with van der Waals surface area (Å²) in [7, 11) is 1.45. The van der Waals surface area contributed by atoms with Crippen LogP contribution in [0, 0.1) is 0 Å². The van der Waals surface area contributed by atoms with Crippen LogP contribution in [0.15, 0.2) is 18.3 Å². The Hall–Kier alpha value is -2.64. The van der Waals surface area contributed by atoms with Crippen molar-refractivity contribution in [2.24, 2.45) is 0 Å². The average molecular weight is 266 g/mol. The lowest BCUT2D eigenvalue weighted by molar-refractivity contribution is -0.122. The van der Waals surface area contributed by atoms with Gasteiger partial charge in [-0.15, -0.1) is 0 Å². The fraction of sp³-hybridized carbons (Fsp3) is 0.273. The molecule has 3 amide bonds. The summed E-state index contributed by atoms with van der Waals surface area (Å²) in [5.41, 5.74) is -0.221. The molecule has 0 saturated heterocycles. The van der Waals surface area contributed by atoms with E-state index in [1.807, 2.05) is 0 Å². The van der Waals surface area contributed by atoms with Crippen molar-refractivity contribution in [2.75, 3.05) is 12.4 Å². The van der Waals surface area contributed by atoms with Gasteiger partial charge in [-0.1, -0.05) is 0 Å². The molecular weight excluding hydrogens is 252 g/mol. The zero-order valence-electron chi connectivity index (χ0n) is 10.4. The lowest BCUT2D eigenvalue weighted by atomic mass is 10.3. The van der Waals surface area contributed by atoms with Gasteiger partial charge in [0.2, 0.25) is 5.91 Å². The van der Waals surface area contributed by atoms with Gasteiger partial charge in [-0.3, -0.25) is 4.79 Å². The molecule has 1 heterocycles. The molecule has 8 heteroatoms. The largest absolute Gasteiger partial charge is 0.476 e. The quantitative estimate of drug-likeness (QED) is 0.613. The average Bonchev–Trinajstić information content (AvgIpc) is 2.37. The highest BCUT2D eigenvalue weighted by molar-refractivity contribution is 5.99. The Bertz CT molecular complexity index is 503. The molecule has 1 aromatic heterocycles. The summed E-state index contributed by atoms with van der Waals surface area (Å²) < 4.78 is 0. The molecule has 0 bridgehead atoms. The highest BCUT2D eigenvalue weighted by Crippen LogP contribution is 2.11. The molecule has 4 N–H and O–H groups in total. The fourth-order valence-electron chi connectivity index (χ4n) is 1.31. The van der Waals surface area contributed by atoms with Gasteiger partial charge in [0, 0.05) is 13.2 Å². The zero-order chi connectivity index (χ0) is 14.4. The Balaban J connectivity index is 2.72. The summed E-state index contributed by atoms with van der Waals surface area (Å²) in [5, 5.41) is 16.0. The third-order valence-electron chi connectivity index (χ3n) is 2.25. The predicted molar refractivity (Wildman–Crippen MR) is 66.9 cm³/mol. The van der Waals surface area contributed by atoms with Crippen molar-refractivity contribution in [3.63, 3.8) is 0 Å². The highest BCUT2D eigenvalue weighted by Gasteiger charge is 2.16.